The van der Waals surface area contributed by atoms with Gasteiger partial charge in [-0.05, 0) is 61.2 Å². The molecule has 4 aromatic rings. The molecule has 3 heterocycles. The number of carbonyl (C=O) groups is 1. The zero-order valence-electron chi connectivity index (χ0n) is 22.6. The van der Waals surface area contributed by atoms with Gasteiger partial charge in [0.15, 0.2) is 0 Å². The number of benzene rings is 2. The van der Waals surface area contributed by atoms with Crippen LogP contribution in [0.1, 0.15) is 41.0 Å². The highest BCUT2D eigenvalue weighted by atomic mass is 35.5. The Bertz CT molecular complexity index is 1580. The van der Waals surface area contributed by atoms with Gasteiger partial charge in [0.25, 0.3) is 0 Å². The second kappa shape index (κ2) is 13.3. The van der Waals surface area contributed by atoms with Gasteiger partial charge in [0.1, 0.15) is 41.6 Å². The lowest BCUT2D eigenvalue weighted by Crippen LogP contribution is -2.07. The minimum atomic E-state index is -0.306. The van der Waals surface area contributed by atoms with E-state index >= 15 is 0 Å². The van der Waals surface area contributed by atoms with E-state index in [1.165, 1.54) is 12.1 Å². The number of aromatic nitrogens is 4. The van der Waals surface area contributed by atoms with Gasteiger partial charge in [0.05, 0.1) is 28.6 Å². The molecule has 212 valence electrons. The van der Waals surface area contributed by atoms with Gasteiger partial charge in [0, 0.05) is 30.7 Å². The molecule has 1 N–H and O–H groups in total. The lowest BCUT2D eigenvalue weighted by Gasteiger charge is -2.22. The molecule has 6 rings (SSSR count). The summed E-state index contributed by atoms with van der Waals surface area (Å²) in [4.78, 5) is 20.2. The second-order valence-electron chi connectivity index (χ2n) is 9.29. The lowest BCUT2D eigenvalue weighted by molar-refractivity contribution is -0.108. The normalized spacial score (nSPS) is 14.9. The molecule has 0 radical (unpaired) electrons. The highest BCUT2D eigenvalue weighted by molar-refractivity contribution is 7.99. The van der Waals surface area contributed by atoms with Crippen molar-refractivity contribution in [1.29, 1.82) is 0 Å². The van der Waals surface area contributed by atoms with E-state index in [2.05, 4.69) is 31.2 Å². The molecule has 1 atom stereocenters. The van der Waals surface area contributed by atoms with Crippen LogP contribution in [0.2, 0.25) is 5.02 Å². The highest BCUT2D eigenvalue weighted by Gasteiger charge is 2.31. The van der Waals surface area contributed by atoms with Crippen molar-refractivity contribution in [3.8, 4) is 5.75 Å². The zero-order chi connectivity index (χ0) is 28.8. The zero-order valence-corrected chi connectivity index (χ0v) is 24.2. The van der Waals surface area contributed by atoms with Gasteiger partial charge in [-0.15, -0.1) is 0 Å². The van der Waals surface area contributed by atoms with Crippen LogP contribution < -0.4 is 10.1 Å². The van der Waals surface area contributed by atoms with Gasteiger partial charge in [-0.1, -0.05) is 41.6 Å². The average molecular weight is 594 g/mol. The van der Waals surface area contributed by atoms with E-state index in [4.69, 9.17) is 16.3 Å². The van der Waals surface area contributed by atoms with Gasteiger partial charge < -0.3 is 19.6 Å². The molecule has 1 unspecified atom stereocenters. The summed E-state index contributed by atoms with van der Waals surface area (Å²) in [5, 5.41) is 9.23. The quantitative estimate of drug-likeness (QED) is 0.176. The Kier molecular flexibility index (Phi) is 9.33. The van der Waals surface area contributed by atoms with Gasteiger partial charge in [-0.2, -0.15) is 5.10 Å². The van der Waals surface area contributed by atoms with Gasteiger partial charge >= 0.3 is 0 Å². The summed E-state index contributed by atoms with van der Waals surface area (Å²) in [6, 6.07) is 11.7. The third kappa shape index (κ3) is 6.61. The number of thioether (sulfide) groups is 1. The fourth-order valence-electron chi connectivity index (χ4n) is 4.66. The Labute approximate surface area is 246 Å². The molecule has 1 aliphatic heterocycles. The molecule has 0 saturated heterocycles. The molecule has 0 saturated carbocycles. The van der Waals surface area contributed by atoms with Crippen LogP contribution in [-0.2, 0) is 29.1 Å². The summed E-state index contributed by atoms with van der Waals surface area (Å²) in [7, 11) is 1.68. The minimum absolute atomic E-state index is 0.0899. The number of rotatable bonds is 8. The van der Waals surface area contributed by atoms with Crippen molar-refractivity contribution in [1.82, 2.24) is 19.7 Å². The molecule has 2 aliphatic rings. The first kappa shape index (κ1) is 28.8. The molecule has 2 aromatic carbocycles. The van der Waals surface area contributed by atoms with Crippen LogP contribution in [-0.4, -0.2) is 39.8 Å². The smallest absolute Gasteiger partial charge is 0.142 e. The summed E-state index contributed by atoms with van der Waals surface area (Å²) in [5.41, 5.74) is 5.84. The van der Waals surface area contributed by atoms with E-state index in [0.717, 1.165) is 64.4 Å². The Hall–Kier alpha value is -3.73. The van der Waals surface area contributed by atoms with Crippen molar-refractivity contribution in [2.45, 2.75) is 43.2 Å². The van der Waals surface area contributed by atoms with Crippen LogP contribution in [0.25, 0.3) is 5.57 Å². The first-order chi connectivity index (χ1) is 20.0. The fourth-order valence-corrected chi connectivity index (χ4v) is 6.15. The van der Waals surface area contributed by atoms with Crippen molar-refractivity contribution in [3.63, 3.8) is 0 Å². The maximum atomic E-state index is 13.4. The van der Waals surface area contributed by atoms with Crippen molar-refractivity contribution in [3.05, 3.63) is 94.3 Å². The van der Waals surface area contributed by atoms with Crippen LogP contribution in [0.3, 0.4) is 0 Å². The first-order valence-electron chi connectivity index (χ1n) is 13.1. The molecule has 8 nitrogen and oxygen atoms in total. The SMILES string of the molecule is CCOC.O=CCn1ncc2c1CCC1=CC2Sc2ncnc(Nc3ccc(OCc4cccc(F)c4)c(Cl)c3)c21. The van der Waals surface area contributed by atoms with Crippen LogP contribution >= 0.6 is 23.4 Å². The molecule has 0 fully saturated rings. The predicted octanol–water partition coefficient (Wildman–Crippen LogP) is 6.82. The highest BCUT2D eigenvalue weighted by Crippen LogP contribution is 2.50. The number of fused-ring (bicyclic) bond motifs is 5. The molecule has 2 aromatic heterocycles. The number of carbonyl (C=O) groups excluding carboxylic acids is 1. The number of anilines is 2. The standard InChI is InChI=1S/C27H21ClFN5O2S.C3H8O/c28-21-12-19(5-7-23(21)36-14-16-2-1-3-18(29)10-16)33-26-25-17-4-6-22-20(13-32-34(22)8-9-35)24(11-17)37-27(25)31-15-30-26;1-3-4-2/h1-3,5,7,9-13,15,24H,4,6,8,14H2,(H,30,31,33);3H2,1-2H3. The molecule has 0 spiro atoms. The summed E-state index contributed by atoms with van der Waals surface area (Å²) >= 11 is 8.15. The van der Waals surface area contributed by atoms with Gasteiger partial charge in [0.2, 0.25) is 0 Å². The Morgan fingerprint density at radius 2 is 2.07 bits per heavy atom. The summed E-state index contributed by atoms with van der Waals surface area (Å²) < 4.78 is 25.6. The second-order valence-corrected chi connectivity index (χ2v) is 10.8. The van der Waals surface area contributed by atoms with Crippen molar-refractivity contribution >= 4 is 46.7 Å². The average Bonchev–Trinajstić information content (AvgIpc) is 3.31. The number of methoxy groups -OCH3 is 1. The Morgan fingerprint density at radius 3 is 2.83 bits per heavy atom. The number of hydrogen-bond acceptors (Lipinski definition) is 8. The molecule has 11 heteroatoms. The van der Waals surface area contributed by atoms with E-state index in [1.807, 2.05) is 19.2 Å². The van der Waals surface area contributed by atoms with Crippen molar-refractivity contribution in [2.24, 2.45) is 0 Å². The largest absolute Gasteiger partial charge is 0.487 e. The van der Waals surface area contributed by atoms with E-state index in [1.54, 1.807) is 54.1 Å². The monoisotopic (exact) mass is 593 g/mol. The Morgan fingerprint density at radius 1 is 1.22 bits per heavy atom. The number of allylic oxidation sites excluding steroid dienone is 1. The van der Waals surface area contributed by atoms with Gasteiger partial charge in [-0.25, -0.2) is 14.4 Å². The Balaban J connectivity index is 0.000000794. The lowest BCUT2D eigenvalue weighted by atomic mass is 10.0. The number of halogens is 2. The number of aldehydes is 1. The van der Waals surface area contributed by atoms with Crippen LogP contribution in [0.5, 0.6) is 5.75 Å². The third-order valence-corrected chi connectivity index (χ3v) is 8.13. The maximum absolute atomic E-state index is 13.4. The van der Waals surface area contributed by atoms with E-state index in [-0.39, 0.29) is 24.2 Å². The van der Waals surface area contributed by atoms with E-state index < -0.39 is 0 Å². The number of ether oxygens (including phenoxy) is 2. The van der Waals surface area contributed by atoms with Crippen molar-refractivity contribution < 1.29 is 18.7 Å². The summed E-state index contributed by atoms with van der Waals surface area (Å²) in [6.45, 7) is 3.24. The van der Waals surface area contributed by atoms with Crippen LogP contribution in [0.15, 0.2) is 66.1 Å². The third-order valence-electron chi connectivity index (χ3n) is 6.66. The summed E-state index contributed by atoms with van der Waals surface area (Å²) in [6.07, 6.45) is 8.11. The molecule has 41 heavy (non-hydrogen) atoms. The molecule has 0 amide bonds. The number of nitrogens with zero attached hydrogens (tertiary/aromatic N) is 4. The predicted molar refractivity (Wildman–Crippen MR) is 158 cm³/mol. The topological polar surface area (TPSA) is 91.2 Å². The summed E-state index contributed by atoms with van der Waals surface area (Å²) in [5.74, 6) is 0.903. The molecular formula is C30H29ClFN5O3S. The number of nitrogens with one attached hydrogen (secondary N) is 1. The fraction of sp³-hybridized carbons (Fsp3) is 0.267. The van der Waals surface area contributed by atoms with E-state index in [9.17, 15) is 9.18 Å². The molecule has 2 bridgehead atoms. The molecule has 1 aliphatic carbocycles. The number of hydrogen-bond donors (Lipinski definition) is 1. The van der Waals surface area contributed by atoms with E-state index in [0.29, 0.717) is 16.6 Å². The van der Waals surface area contributed by atoms with Gasteiger partial charge in [-0.3, -0.25) is 4.68 Å². The first-order valence-corrected chi connectivity index (χ1v) is 14.4. The molecular weight excluding hydrogens is 565 g/mol. The van der Waals surface area contributed by atoms with Crippen LogP contribution in [0.4, 0.5) is 15.9 Å². The minimum Gasteiger partial charge on any atom is -0.487 e. The van der Waals surface area contributed by atoms with Crippen molar-refractivity contribution in [2.75, 3.05) is 19.0 Å². The van der Waals surface area contributed by atoms with Crippen LogP contribution in [0, 0.1) is 5.82 Å². The maximum Gasteiger partial charge on any atom is 0.142 e.